The average molecular weight is 236 g/mol. The van der Waals surface area contributed by atoms with Crippen LogP contribution in [0.2, 0.25) is 0 Å². The van der Waals surface area contributed by atoms with E-state index in [-0.39, 0.29) is 0 Å². The lowest BCUT2D eigenvalue weighted by Gasteiger charge is -2.29. The molecule has 1 rings (SSSR count). The second-order valence-electron chi connectivity index (χ2n) is 3.95. The fraction of sp³-hybridized carbons (Fsp3) is 1.00. The van der Waals surface area contributed by atoms with Gasteiger partial charge in [-0.05, 0) is 6.42 Å². The first-order valence-corrected chi connectivity index (χ1v) is 5.51. The summed E-state index contributed by atoms with van der Waals surface area (Å²) >= 11 is 0. The van der Waals surface area contributed by atoms with E-state index < -0.39 is 37.3 Å². The fourth-order valence-corrected chi connectivity index (χ4v) is 1.69. The van der Waals surface area contributed by atoms with Crippen molar-refractivity contribution >= 4 is 0 Å². The Bertz CT molecular complexity index is 211. The van der Waals surface area contributed by atoms with Crippen LogP contribution < -0.4 is 0 Å². The highest BCUT2D eigenvalue weighted by atomic mass is 16.7. The second kappa shape index (κ2) is 5.90. The van der Waals surface area contributed by atoms with Crippen molar-refractivity contribution in [2.75, 3.05) is 19.8 Å². The molecular weight excluding hydrogens is 216 g/mol. The first-order valence-electron chi connectivity index (χ1n) is 5.51. The van der Waals surface area contributed by atoms with Gasteiger partial charge in [-0.2, -0.15) is 0 Å². The van der Waals surface area contributed by atoms with Crippen LogP contribution in [0, 0.1) is 0 Å². The van der Waals surface area contributed by atoms with Gasteiger partial charge in [-0.3, -0.25) is 0 Å². The Labute approximate surface area is 94.4 Å². The minimum absolute atomic E-state index is 0.318. The first kappa shape index (κ1) is 13.8. The molecular formula is C10H20O6. The largest absolute Gasteiger partial charge is 0.394 e. The van der Waals surface area contributed by atoms with Crippen molar-refractivity contribution in [2.24, 2.45) is 0 Å². The molecule has 2 unspecified atom stereocenters. The normalized spacial score (nSPS) is 39.2. The van der Waals surface area contributed by atoms with Gasteiger partial charge in [0.15, 0.2) is 0 Å². The number of rotatable bonds is 6. The Morgan fingerprint density at radius 2 is 2.00 bits per heavy atom. The molecule has 1 fully saturated rings. The number of aliphatic hydroxyl groups is 4. The summed E-state index contributed by atoms with van der Waals surface area (Å²) in [6.07, 6.45) is -1.87. The summed E-state index contributed by atoms with van der Waals surface area (Å²) in [5.41, 5.74) is 0. The summed E-state index contributed by atoms with van der Waals surface area (Å²) in [6, 6.07) is 0. The zero-order valence-electron chi connectivity index (χ0n) is 9.37. The molecule has 1 saturated heterocycles. The molecule has 0 radical (unpaired) electrons. The molecule has 6 nitrogen and oxygen atoms in total. The van der Waals surface area contributed by atoms with Gasteiger partial charge in [0.1, 0.15) is 24.9 Å². The van der Waals surface area contributed by atoms with E-state index in [1.165, 1.54) is 0 Å². The summed E-state index contributed by atoms with van der Waals surface area (Å²) < 4.78 is 10.5. The quantitative estimate of drug-likeness (QED) is 0.424. The molecule has 1 aliphatic rings. The van der Waals surface area contributed by atoms with Crippen LogP contribution in [0.3, 0.4) is 0 Å². The van der Waals surface area contributed by atoms with Crippen LogP contribution >= 0.6 is 0 Å². The van der Waals surface area contributed by atoms with E-state index >= 15 is 0 Å². The Morgan fingerprint density at radius 3 is 2.44 bits per heavy atom. The lowest BCUT2D eigenvalue weighted by molar-refractivity contribution is -0.276. The topological polar surface area (TPSA) is 99.4 Å². The average Bonchev–Trinajstić information content (AvgIpc) is 2.55. The van der Waals surface area contributed by atoms with E-state index in [1.54, 1.807) is 0 Å². The zero-order chi connectivity index (χ0) is 12.2. The standard InChI is InChI=1S/C10H20O6/c1-2-3-4-15-10(6-12)9(14)8(13)7(5-11)16-10/h7-9,11-14H,2-6H2,1H3/t7-,8?,9?,10-/m1/s1. The molecule has 96 valence electrons. The lowest BCUT2D eigenvalue weighted by atomic mass is 10.1. The Morgan fingerprint density at radius 1 is 1.31 bits per heavy atom. The summed E-state index contributed by atoms with van der Waals surface area (Å²) in [5, 5.41) is 37.4. The van der Waals surface area contributed by atoms with Crippen LogP contribution in [0.5, 0.6) is 0 Å². The Kier molecular flexibility index (Phi) is 5.10. The van der Waals surface area contributed by atoms with Crippen molar-refractivity contribution in [3.63, 3.8) is 0 Å². The predicted octanol–water partition coefficient (Wildman–Crippen LogP) is -1.40. The maximum atomic E-state index is 9.74. The maximum Gasteiger partial charge on any atom is 0.221 e. The Hall–Kier alpha value is -0.240. The molecule has 0 amide bonds. The minimum Gasteiger partial charge on any atom is -0.394 e. The molecule has 0 aliphatic carbocycles. The second-order valence-corrected chi connectivity index (χ2v) is 3.95. The van der Waals surface area contributed by atoms with E-state index in [0.717, 1.165) is 12.8 Å². The molecule has 6 heteroatoms. The third-order valence-electron chi connectivity index (χ3n) is 2.75. The third kappa shape index (κ3) is 2.53. The van der Waals surface area contributed by atoms with Gasteiger partial charge in [-0.25, -0.2) is 0 Å². The summed E-state index contributed by atoms with van der Waals surface area (Å²) in [7, 11) is 0. The highest BCUT2D eigenvalue weighted by Gasteiger charge is 2.54. The molecule has 0 aromatic carbocycles. The van der Waals surface area contributed by atoms with Gasteiger partial charge >= 0.3 is 0 Å². The van der Waals surface area contributed by atoms with Gasteiger partial charge in [0.2, 0.25) is 5.79 Å². The SMILES string of the molecule is CCCCO[C@]1(CO)O[C@H](CO)C(O)C1O. The molecule has 0 aromatic heterocycles. The zero-order valence-corrected chi connectivity index (χ0v) is 9.37. The predicted molar refractivity (Wildman–Crippen MR) is 54.6 cm³/mol. The molecule has 0 spiro atoms. The number of unbranched alkanes of at least 4 members (excludes halogenated alkanes) is 1. The molecule has 4 N–H and O–H groups in total. The van der Waals surface area contributed by atoms with Crippen LogP contribution in [-0.4, -0.2) is 64.3 Å². The van der Waals surface area contributed by atoms with Crippen molar-refractivity contribution in [3.05, 3.63) is 0 Å². The van der Waals surface area contributed by atoms with Gasteiger partial charge in [0, 0.05) is 0 Å². The summed E-state index contributed by atoms with van der Waals surface area (Å²) in [6.45, 7) is 1.30. The van der Waals surface area contributed by atoms with Crippen LogP contribution in [0.25, 0.3) is 0 Å². The van der Waals surface area contributed by atoms with E-state index in [4.69, 9.17) is 14.6 Å². The lowest BCUT2D eigenvalue weighted by Crippen LogP contribution is -2.48. The Balaban J connectivity index is 2.64. The first-order chi connectivity index (χ1) is 7.61. The van der Waals surface area contributed by atoms with Gasteiger partial charge in [0.25, 0.3) is 0 Å². The fourth-order valence-electron chi connectivity index (χ4n) is 1.69. The van der Waals surface area contributed by atoms with Crippen LogP contribution in [0.1, 0.15) is 19.8 Å². The highest BCUT2D eigenvalue weighted by Crippen LogP contribution is 2.32. The summed E-state index contributed by atoms with van der Waals surface area (Å²) in [4.78, 5) is 0. The van der Waals surface area contributed by atoms with Crippen LogP contribution in [0.4, 0.5) is 0 Å². The van der Waals surface area contributed by atoms with E-state index in [2.05, 4.69) is 0 Å². The van der Waals surface area contributed by atoms with E-state index in [0.29, 0.717) is 6.61 Å². The molecule has 0 saturated carbocycles. The maximum absolute atomic E-state index is 9.74. The molecule has 4 atom stereocenters. The van der Waals surface area contributed by atoms with Crippen molar-refractivity contribution in [2.45, 2.75) is 43.9 Å². The van der Waals surface area contributed by atoms with Gasteiger partial charge in [-0.15, -0.1) is 0 Å². The molecule has 0 aromatic rings. The monoisotopic (exact) mass is 236 g/mol. The number of hydrogen-bond acceptors (Lipinski definition) is 6. The van der Waals surface area contributed by atoms with Crippen LogP contribution in [-0.2, 0) is 9.47 Å². The number of aliphatic hydroxyl groups excluding tert-OH is 4. The minimum atomic E-state index is -1.61. The molecule has 1 aliphatic heterocycles. The van der Waals surface area contributed by atoms with Crippen molar-refractivity contribution in [1.29, 1.82) is 0 Å². The number of hydrogen-bond donors (Lipinski definition) is 4. The third-order valence-corrected chi connectivity index (χ3v) is 2.75. The smallest absolute Gasteiger partial charge is 0.221 e. The molecule has 16 heavy (non-hydrogen) atoms. The van der Waals surface area contributed by atoms with Gasteiger partial charge in [-0.1, -0.05) is 13.3 Å². The van der Waals surface area contributed by atoms with Gasteiger partial charge in [0.05, 0.1) is 13.2 Å². The summed E-state index contributed by atoms with van der Waals surface area (Å²) in [5.74, 6) is -1.61. The van der Waals surface area contributed by atoms with E-state index in [9.17, 15) is 15.3 Å². The van der Waals surface area contributed by atoms with Crippen molar-refractivity contribution in [3.8, 4) is 0 Å². The van der Waals surface area contributed by atoms with E-state index in [1.807, 2.05) is 6.92 Å². The highest BCUT2D eigenvalue weighted by molar-refractivity contribution is 4.96. The van der Waals surface area contributed by atoms with Crippen LogP contribution in [0.15, 0.2) is 0 Å². The van der Waals surface area contributed by atoms with Crippen molar-refractivity contribution < 1.29 is 29.9 Å². The molecule has 0 bridgehead atoms. The number of ether oxygens (including phenoxy) is 2. The molecule has 1 heterocycles. The van der Waals surface area contributed by atoms with Crippen molar-refractivity contribution in [1.82, 2.24) is 0 Å². The van der Waals surface area contributed by atoms with Gasteiger partial charge < -0.3 is 29.9 Å².